The number of carboxylic acids is 2. The Kier molecular flexibility index (Phi) is 2.41. The molecule has 4 atom stereocenters. The molecule has 8 nitrogen and oxygen atoms in total. The Labute approximate surface area is 135 Å². The number of carbonyl (C=O) groups is 2. The molecule has 1 fully saturated rings. The number of rotatable bonds is 3. The van der Waals surface area contributed by atoms with Crippen molar-refractivity contribution in [2.24, 2.45) is 5.41 Å². The number of hydrogen-bond donors (Lipinski definition) is 3. The number of fused-ring (bicyclic) bond motifs is 4. The predicted octanol–water partition coefficient (Wildman–Crippen LogP) is 1.58. The first-order valence-corrected chi connectivity index (χ1v) is 7.41. The number of nitro benzene ring substituents is 1. The van der Waals surface area contributed by atoms with Crippen molar-refractivity contribution in [1.82, 2.24) is 5.32 Å². The van der Waals surface area contributed by atoms with Crippen molar-refractivity contribution in [2.75, 3.05) is 0 Å². The van der Waals surface area contributed by atoms with Gasteiger partial charge in [0, 0.05) is 29.7 Å². The molecule has 8 heteroatoms. The van der Waals surface area contributed by atoms with Crippen molar-refractivity contribution in [3.05, 3.63) is 50.7 Å². The van der Waals surface area contributed by atoms with Gasteiger partial charge in [0.2, 0.25) is 0 Å². The van der Waals surface area contributed by atoms with Gasteiger partial charge in [-0.05, 0) is 25.0 Å². The molecule has 3 N–H and O–H groups in total. The van der Waals surface area contributed by atoms with Gasteiger partial charge in [0.05, 0.1) is 16.0 Å². The topological polar surface area (TPSA) is 130 Å². The molecule has 24 heavy (non-hydrogen) atoms. The maximum absolute atomic E-state index is 12.2. The highest BCUT2D eigenvalue weighted by Crippen LogP contribution is 2.81. The molecule has 2 aliphatic carbocycles. The number of benzene rings is 1. The summed E-state index contributed by atoms with van der Waals surface area (Å²) in [4.78, 5) is 34.5. The van der Waals surface area contributed by atoms with Gasteiger partial charge >= 0.3 is 11.9 Å². The van der Waals surface area contributed by atoms with E-state index in [0.29, 0.717) is 16.8 Å². The van der Waals surface area contributed by atoms with Crippen molar-refractivity contribution >= 4 is 17.6 Å². The van der Waals surface area contributed by atoms with E-state index in [1.54, 1.807) is 19.9 Å². The van der Waals surface area contributed by atoms with Crippen LogP contribution in [0.1, 0.15) is 36.8 Å². The van der Waals surface area contributed by atoms with Gasteiger partial charge < -0.3 is 15.5 Å². The summed E-state index contributed by atoms with van der Waals surface area (Å²) in [5.41, 5.74) is -0.795. The molecule has 1 aliphatic heterocycles. The van der Waals surface area contributed by atoms with Crippen LogP contribution in [0.15, 0.2) is 29.5 Å². The van der Waals surface area contributed by atoms with Crippen LogP contribution in [0, 0.1) is 15.5 Å². The second kappa shape index (κ2) is 3.95. The summed E-state index contributed by atoms with van der Waals surface area (Å²) >= 11 is 0. The van der Waals surface area contributed by atoms with Gasteiger partial charge in [0.15, 0.2) is 0 Å². The molecule has 0 aromatic heterocycles. The number of nitro groups is 1. The number of non-ortho nitro benzene ring substituents is 1. The monoisotopic (exact) mass is 330 g/mol. The Morgan fingerprint density at radius 2 is 1.96 bits per heavy atom. The number of aliphatic carboxylic acids is 2. The van der Waals surface area contributed by atoms with Crippen molar-refractivity contribution in [3.8, 4) is 0 Å². The van der Waals surface area contributed by atoms with E-state index in [2.05, 4.69) is 5.32 Å². The van der Waals surface area contributed by atoms with Gasteiger partial charge in [-0.3, -0.25) is 14.9 Å². The number of hydrogen-bond acceptors (Lipinski definition) is 5. The van der Waals surface area contributed by atoms with Gasteiger partial charge in [-0.25, -0.2) is 4.79 Å². The van der Waals surface area contributed by atoms with Gasteiger partial charge in [-0.15, -0.1) is 0 Å². The highest BCUT2D eigenvalue weighted by atomic mass is 16.6. The van der Waals surface area contributed by atoms with E-state index in [1.165, 1.54) is 12.1 Å². The summed E-state index contributed by atoms with van der Waals surface area (Å²) in [7, 11) is 0. The number of carboxylic acid groups (broad SMARTS) is 2. The van der Waals surface area contributed by atoms with Crippen LogP contribution in [0.5, 0.6) is 0 Å². The lowest BCUT2D eigenvalue weighted by Gasteiger charge is -2.36. The summed E-state index contributed by atoms with van der Waals surface area (Å²) in [6.07, 6.45) is 0. The Balaban J connectivity index is 2.04. The van der Waals surface area contributed by atoms with Crippen LogP contribution in [-0.4, -0.2) is 32.6 Å². The number of nitrogens with zero attached hydrogens (tertiary/aromatic N) is 1. The average Bonchev–Trinajstić information content (AvgIpc) is 2.88. The third-order valence-electron chi connectivity index (χ3n) is 5.89. The molecule has 0 spiro atoms. The molecule has 1 aromatic carbocycles. The van der Waals surface area contributed by atoms with Crippen molar-refractivity contribution in [2.45, 2.75) is 31.2 Å². The van der Waals surface area contributed by atoms with Crippen LogP contribution in [0.25, 0.3) is 0 Å². The van der Waals surface area contributed by atoms with E-state index in [9.17, 15) is 29.9 Å². The first kappa shape index (κ1) is 14.7. The predicted molar refractivity (Wildman–Crippen MR) is 80.5 cm³/mol. The zero-order chi connectivity index (χ0) is 17.6. The van der Waals surface area contributed by atoms with Crippen molar-refractivity contribution < 1.29 is 24.7 Å². The maximum Gasteiger partial charge on any atom is 0.333 e. The van der Waals surface area contributed by atoms with Crippen LogP contribution >= 0.6 is 0 Å². The van der Waals surface area contributed by atoms with Crippen LogP contribution in [0.4, 0.5) is 5.69 Å². The molecular formula is C16H14N2O6. The zero-order valence-corrected chi connectivity index (χ0v) is 12.9. The zero-order valence-electron chi connectivity index (χ0n) is 12.9. The van der Waals surface area contributed by atoms with E-state index in [4.69, 9.17) is 0 Å². The second-order valence-electron chi connectivity index (χ2n) is 6.78. The lowest BCUT2D eigenvalue weighted by atomic mass is 9.74. The molecule has 0 radical (unpaired) electrons. The fourth-order valence-corrected chi connectivity index (χ4v) is 5.09. The quantitative estimate of drug-likeness (QED) is 0.566. The standard InChI is InChI=1S/C16H14N2O6/c1-6-10(13(19)20)11-9-5-7(18(23)24)3-4-8(9)12-15(2,17-6)16(11,12)14(21)22/h3-5,11-12,17H,1-2H3,(H,19,20)(H,21,22)/t11?,12?,15?,16-/m1/s1. The van der Waals surface area contributed by atoms with Crippen LogP contribution in [0.2, 0.25) is 0 Å². The third kappa shape index (κ3) is 1.27. The summed E-state index contributed by atoms with van der Waals surface area (Å²) in [6, 6.07) is 4.22. The largest absolute Gasteiger partial charge is 0.481 e. The number of allylic oxidation sites excluding steroid dienone is 1. The highest BCUT2D eigenvalue weighted by molar-refractivity contribution is 5.99. The lowest BCUT2D eigenvalue weighted by Crippen LogP contribution is -2.47. The molecule has 3 aliphatic rings. The van der Waals surface area contributed by atoms with E-state index in [1.807, 2.05) is 0 Å². The fourth-order valence-electron chi connectivity index (χ4n) is 5.09. The van der Waals surface area contributed by atoms with Gasteiger partial charge in [-0.2, -0.15) is 0 Å². The van der Waals surface area contributed by atoms with Crippen molar-refractivity contribution in [3.63, 3.8) is 0 Å². The molecule has 3 unspecified atom stereocenters. The Morgan fingerprint density at radius 3 is 2.50 bits per heavy atom. The highest BCUT2D eigenvalue weighted by Gasteiger charge is 2.87. The minimum absolute atomic E-state index is 0.0309. The molecule has 4 rings (SSSR count). The molecule has 0 bridgehead atoms. The lowest BCUT2D eigenvalue weighted by molar-refractivity contribution is -0.384. The van der Waals surface area contributed by atoms with Gasteiger partial charge in [0.1, 0.15) is 5.41 Å². The van der Waals surface area contributed by atoms with Crippen LogP contribution < -0.4 is 5.32 Å². The molecule has 0 amide bonds. The molecule has 1 saturated carbocycles. The SMILES string of the molecule is CC1=C(C(=O)O)C2c3cc([N+](=O)[O-])ccc3C3C(C)(N1)[C@]23C(=O)O. The minimum Gasteiger partial charge on any atom is -0.481 e. The van der Waals surface area contributed by atoms with Gasteiger partial charge in [-0.1, -0.05) is 6.07 Å². The first-order valence-electron chi connectivity index (χ1n) is 7.41. The summed E-state index contributed by atoms with van der Waals surface area (Å²) in [6.45, 7) is 3.37. The van der Waals surface area contributed by atoms with Gasteiger partial charge in [0.25, 0.3) is 5.69 Å². The van der Waals surface area contributed by atoms with E-state index in [0.717, 1.165) is 0 Å². The molecule has 124 valence electrons. The van der Waals surface area contributed by atoms with E-state index >= 15 is 0 Å². The molecule has 1 aromatic rings. The molecule has 0 saturated heterocycles. The van der Waals surface area contributed by atoms with E-state index in [-0.39, 0.29) is 11.3 Å². The van der Waals surface area contributed by atoms with Crippen LogP contribution in [0.3, 0.4) is 0 Å². The summed E-state index contributed by atoms with van der Waals surface area (Å²) in [5.74, 6) is -3.62. The Morgan fingerprint density at radius 1 is 1.29 bits per heavy atom. The maximum atomic E-state index is 12.2. The Hall–Kier alpha value is -2.90. The smallest absolute Gasteiger partial charge is 0.333 e. The minimum atomic E-state index is -1.32. The summed E-state index contributed by atoms with van der Waals surface area (Å²) < 4.78 is 0. The third-order valence-corrected chi connectivity index (χ3v) is 5.89. The Bertz CT molecular complexity index is 891. The van der Waals surface area contributed by atoms with Crippen molar-refractivity contribution in [1.29, 1.82) is 0 Å². The number of nitrogens with one attached hydrogen (secondary N) is 1. The fraction of sp³-hybridized carbons (Fsp3) is 0.375. The normalized spacial score (nSPS) is 34.9. The first-order chi connectivity index (χ1) is 11.2. The summed E-state index contributed by atoms with van der Waals surface area (Å²) in [5, 5.41) is 33.7. The molecule has 1 heterocycles. The van der Waals surface area contributed by atoms with E-state index < -0.39 is 39.7 Å². The second-order valence-corrected chi connectivity index (χ2v) is 6.78. The average molecular weight is 330 g/mol. The molecular weight excluding hydrogens is 316 g/mol. The van der Waals surface area contributed by atoms with Crippen LogP contribution in [-0.2, 0) is 9.59 Å².